The van der Waals surface area contributed by atoms with Gasteiger partial charge < -0.3 is 10.8 Å². The van der Waals surface area contributed by atoms with Crippen LogP contribution in [0.1, 0.15) is 78.1 Å². The van der Waals surface area contributed by atoms with Crippen molar-refractivity contribution in [3.63, 3.8) is 0 Å². The molecule has 0 aromatic carbocycles. The number of aliphatic hydroxyl groups excluding tert-OH is 1. The molecule has 26 heavy (non-hydrogen) atoms. The summed E-state index contributed by atoms with van der Waals surface area (Å²) in [7, 11) is -0.678. The van der Waals surface area contributed by atoms with Crippen LogP contribution < -0.4 is 5.73 Å². The molecule has 4 saturated carbocycles. The molecule has 0 bridgehead atoms. The molecule has 3 nitrogen and oxygen atoms in total. The van der Waals surface area contributed by atoms with E-state index in [1.807, 2.05) is 0 Å². The van der Waals surface area contributed by atoms with Crippen LogP contribution in [0.3, 0.4) is 0 Å². The fourth-order valence-corrected chi connectivity index (χ4v) is 9.43. The first-order valence-electron chi connectivity index (χ1n) is 11.2. The number of fused-ring (bicyclic) bond motifs is 5. The Morgan fingerprint density at radius 3 is 2.50 bits per heavy atom. The quantitative estimate of drug-likeness (QED) is 0.777. The van der Waals surface area contributed by atoms with Crippen LogP contribution in [0.15, 0.2) is 0 Å². The van der Waals surface area contributed by atoms with Crippen molar-refractivity contribution in [1.82, 2.24) is 0 Å². The number of aliphatic hydroxyl groups is 1. The van der Waals surface area contributed by atoms with Crippen LogP contribution >= 0.6 is 0 Å². The molecule has 0 heterocycles. The Hall–Kier alpha value is 0.0700. The number of rotatable bonds is 4. The largest absolute Gasteiger partial charge is 0.393 e. The average Bonchev–Trinajstić information content (AvgIpc) is 2.94. The molecule has 0 aliphatic heterocycles. The van der Waals surface area contributed by atoms with E-state index in [9.17, 15) is 9.32 Å². The van der Waals surface area contributed by atoms with E-state index in [-0.39, 0.29) is 11.5 Å². The van der Waals surface area contributed by atoms with Crippen LogP contribution in [0.4, 0.5) is 0 Å². The molecular weight excluding hydrogens is 342 g/mol. The van der Waals surface area contributed by atoms with E-state index in [2.05, 4.69) is 13.8 Å². The lowest BCUT2D eigenvalue weighted by Gasteiger charge is -2.60. The SMILES string of the molecule is C[C@]12CC[C@@H](S(=O)CCCN)CC1CCC1C2CC[C@]2(C)[C@@H](O)CC[C@@H]12. The Labute approximate surface area is 162 Å². The predicted molar refractivity (Wildman–Crippen MR) is 108 cm³/mol. The molecule has 4 rings (SSSR count). The molecule has 0 amide bonds. The maximum atomic E-state index is 12.7. The van der Waals surface area contributed by atoms with Gasteiger partial charge in [0.05, 0.1) is 6.10 Å². The molecule has 4 unspecified atom stereocenters. The minimum Gasteiger partial charge on any atom is -0.393 e. The molecule has 4 heteroatoms. The van der Waals surface area contributed by atoms with Crippen molar-refractivity contribution < 1.29 is 9.32 Å². The van der Waals surface area contributed by atoms with Crippen LogP contribution in [-0.4, -0.2) is 33.0 Å². The summed E-state index contributed by atoms with van der Waals surface area (Å²) in [5.41, 5.74) is 6.25. The van der Waals surface area contributed by atoms with Gasteiger partial charge in [0.25, 0.3) is 0 Å². The molecule has 3 N–H and O–H groups in total. The Morgan fingerprint density at radius 2 is 1.73 bits per heavy atom. The van der Waals surface area contributed by atoms with E-state index in [1.165, 1.54) is 44.9 Å². The molecule has 4 aliphatic carbocycles. The molecule has 0 radical (unpaired) electrons. The molecule has 4 fully saturated rings. The van der Waals surface area contributed by atoms with Gasteiger partial charge in [-0.2, -0.15) is 0 Å². The van der Waals surface area contributed by atoms with Gasteiger partial charge in [0.15, 0.2) is 0 Å². The highest BCUT2D eigenvalue weighted by molar-refractivity contribution is 7.85. The Balaban J connectivity index is 1.48. The molecular formula is C22H39NO2S. The van der Waals surface area contributed by atoms with Gasteiger partial charge in [-0.3, -0.25) is 4.21 Å². The third-order valence-electron chi connectivity index (χ3n) is 9.49. The van der Waals surface area contributed by atoms with E-state index in [4.69, 9.17) is 5.73 Å². The predicted octanol–water partition coefficient (Wildman–Crippen LogP) is 3.86. The molecule has 150 valence electrons. The second-order valence-corrected chi connectivity index (χ2v) is 12.3. The van der Waals surface area contributed by atoms with E-state index >= 15 is 0 Å². The van der Waals surface area contributed by atoms with Crippen molar-refractivity contribution in [2.75, 3.05) is 12.3 Å². The summed E-state index contributed by atoms with van der Waals surface area (Å²) in [6, 6.07) is 0. The maximum absolute atomic E-state index is 12.7. The normalized spacial score (nSPS) is 52.0. The smallest absolute Gasteiger partial charge is 0.0596 e. The van der Waals surface area contributed by atoms with Gasteiger partial charge in [-0.1, -0.05) is 13.8 Å². The first-order valence-corrected chi connectivity index (χ1v) is 12.5. The van der Waals surface area contributed by atoms with Crippen molar-refractivity contribution in [3.8, 4) is 0 Å². The molecule has 0 spiro atoms. The van der Waals surface area contributed by atoms with E-state index < -0.39 is 10.8 Å². The van der Waals surface area contributed by atoms with E-state index in [0.717, 1.165) is 48.7 Å². The average molecular weight is 382 g/mol. The van der Waals surface area contributed by atoms with Gasteiger partial charge >= 0.3 is 0 Å². The zero-order valence-corrected chi connectivity index (χ0v) is 17.6. The summed E-state index contributed by atoms with van der Waals surface area (Å²) < 4.78 is 12.7. The first kappa shape index (κ1) is 19.4. The maximum Gasteiger partial charge on any atom is 0.0596 e. The second kappa shape index (κ2) is 7.15. The van der Waals surface area contributed by atoms with Crippen LogP contribution in [-0.2, 0) is 10.8 Å². The summed E-state index contributed by atoms with van der Waals surface area (Å²) in [6.45, 7) is 5.61. The zero-order valence-electron chi connectivity index (χ0n) is 16.8. The van der Waals surface area contributed by atoms with Gasteiger partial charge in [-0.15, -0.1) is 0 Å². The van der Waals surface area contributed by atoms with Crippen LogP contribution in [0.25, 0.3) is 0 Å². The van der Waals surface area contributed by atoms with Gasteiger partial charge in [0.2, 0.25) is 0 Å². The highest BCUT2D eigenvalue weighted by atomic mass is 32.2. The topological polar surface area (TPSA) is 63.3 Å². The number of nitrogens with two attached hydrogens (primary N) is 1. The first-order chi connectivity index (χ1) is 12.4. The summed E-state index contributed by atoms with van der Waals surface area (Å²) in [6.07, 6.45) is 11.9. The van der Waals surface area contributed by atoms with Gasteiger partial charge in [0, 0.05) is 21.8 Å². The Kier molecular flexibility index (Phi) is 5.33. The summed E-state index contributed by atoms with van der Waals surface area (Å²) in [4.78, 5) is 0. The number of hydrogen-bond donors (Lipinski definition) is 2. The fraction of sp³-hybridized carbons (Fsp3) is 1.00. The lowest BCUT2D eigenvalue weighted by Crippen LogP contribution is -2.54. The van der Waals surface area contributed by atoms with Gasteiger partial charge in [-0.05, 0) is 105 Å². The van der Waals surface area contributed by atoms with Crippen LogP contribution in [0.2, 0.25) is 0 Å². The molecule has 4 aliphatic rings. The highest BCUT2D eigenvalue weighted by Gasteiger charge is 2.60. The lowest BCUT2D eigenvalue weighted by molar-refractivity contribution is -0.120. The van der Waals surface area contributed by atoms with E-state index in [0.29, 0.717) is 17.2 Å². The van der Waals surface area contributed by atoms with Crippen molar-refractivity contribution in [3.05, 3.63) is 0 Å². The fourth-order valence-electron chi connectivity index (χ4n) is 7.82. The van der Waals surface area contributed by atoms with Crippen LogP contribution in [0, 0.1) is 34.5 Å². The van der Waals surface area contributed by atoms with Gasteiger partial charge in [0.1, 0.15) is 0 Å². The molecule has 0 saturated heterocycles. The number of hydrogen-bond acceptors (Lipinski definition) is 3. The van der Waals surface area contributed by atoms with Gasteiger partial charge in [-0.25, -0.2) is 0 Å². The second-order valence-electron chi connectivity index (χ2n) is 10.4. The third-order valence-corrected chi connectivity index (χ3v) is 11.4. The van der Waals surface area contributed by atoms with Crippen LogP contribution in [0.5, 0.6) is 0 Å². The molecule has 0 aromatic rings. The highest BCUT2D eigenvalue weighted by Crippen LogP contribution is 2.66. The minimum atomic E-state index is -0.678. The lowest BCUT2D eigenvalue weighted by atomic mass is 9.45. The van der Waals surface area contributed by atoms with Crippen molar-refractivity contribution >= 4 is 10.8 Å². The summed E-state index contributed by atoms with van der Waals surface area (Å²) in [5.74, 6) is 3.97. The summed E-state index contributed by atoms with van der Waals surface area (Å²) >= 11 is 0. The van der Waals surface area contributed by atoms with Crippen molar-refractivity contribution in [2.45, 2.75) is 89.4 Å². The standard InChI is InChI=1S/C22H39NO2S/c1-21-10-8-16(26(25)13-3-12-23)14-15(21)4-5-17-18-6-7-20(24)22(18,2)11-9-19(17)21/h15-20,24H,3-14,23H2,1-2H3/t15?,16-,17?,18+,19?,20+,21+,22+,26?/m1/s1. The third kappa shape index (κ3) is 2.93. The van der Waals surface area contributed by atoms with Crippen molar-refractivity contribution in [1.29, 1.82) is 0 Å². The molecule has 0 aromatic heterocycles. The monoisotopic (exact) mass is 381 g/mol. The zero-order chi connectivity index (χ0) is 18.5. The Bertz CT molecular complexity index is 554. The molecule has 9 atom stereocenters. The van der Waals surface area contributed by atoms with E-state index in [1.54, 1.807) is 0 Å². The Morgan fingerprint density at radius 1 is 1.00 bits per heavy atom. The minimum absolute atomic E-state index is 0.0697. The summed E-state index contributed by atoms with van der Waals surface area (Å²) in [5, 5.41) is 11.0. The van der Waals surface area contributed by atoms with Crippen molar-refractivity contribution in [2.24, 2.45) is 40.2 Å².